The first-order chi connectivity index (χ1) is 16.3. The van der Waals surface area contributed by atoms with Gasteiger partial charge in [0.15, 0.2) is 17.5 Å². The van der Waals surface area contributed by atoms with E-state index in [0.29, 0.717) is 21.8 Å². The molecule has 0 bridgehead atoms. The van der Waals surface area contributed by atoms with Gasteiger partial charge in [0.25, 0.3) is 0 Å². The summed E-state index contributed by atoms with van der Waals surface area (Å²) in [6.45, 7) is -0.239. The minimum atomic E-state index is -1.54. The second-order valence-corrected chi connectivity index (χ2v) is 9.02. The molecule has 0 spiro atoms. The van der Waals surface area contributed by atoms with Gasteiger partial charge in [-0.2, -0.15) is 0 Å². The molecule has 0 fully saturated rings. The maximum atomic E-state index is 13.9. The monoisotopic (exact) mass is 485 g/mol. The lowest BCUT2D eigenvalue weighted by Crippen LogP contribution is -2.06. The molecule has 4 rings (SSSR count). The number of hydrogen-bond donors (Lipinski definition) is 1. The lowest BCUT2D eigenvalue weighted by molar-refractivity contribution is -0.479. The van der Waals surface area contributed by atoms with Crippen LogP contribution in [0.15, 0.2) is 71.9 Å². The highest BCUT2D eigenvalue weighted by Gasteiger charge is 2.18. The second-order valence-electron chi connectivity index (χ2n) is 7.45. The van der Waals surface area contributed by atoms with Crippen LogP contribution < -0.4 is 0 Å². The fraction of sp³-hybridized carbons (Fsp3) is 0.125. The lowest BCUT2D eigenvalue weighted by atomic mass is 10.0. The molecule has 0 amide bonds. The van der Waals surface area contributed by atoms with E-state index in [1.54, 1.807) is 54.9 Å². The minimum Gasteiger partial charge on any atom is -0.354 e. The number of nitrogens with one attached hydrogen (secondary N) is 1. The number of pyridine rings is 1. The molecule has 1 unspecified atom stereocenters. The van der Waals surface area contributed by atoms with E-state index in [0.717, 1.165) is 23.3 Å². The average Bonchev–Trinajstić information content (AvgIpc) is 3.28. The predicted molar refractivity (Wildman–Crippen MR) is 123 cm³/mol. The molecule has 34 heavy (non-hydrogen) atoms. The summed E-state index contributed by atoms with van der Waals surface area (Å²) in [7, 11) is -1.37. The summed E-state index contributed by atoms with van der Waals surface area (Å²) in [5.74, 6) is -3.95. The average molecular weight is 485 g/mol. The van der Waals surface area contributed by atoms with Crippen LogP contribution in [0, 0.1) is 27.6 Å². The maximum Gasteiger partial charge on any atom is 0.204 e. The Hall–Kier alpha value is -3.79. The smallest absolute Gasteiger partial charge is 0.204 e. The van der Waals surface area contributed by atoms with Crippen LogP contribution in [0.3, 0.4) is 0 Å². The van der Waals surface area contributed by atoms with E-state index < -0.39 is 33.2 Å². The first-order valence-corrected chi connectivity index (χ1v) is 11.5. The zero-order valence-corrected chi connectivity index (χ0v) is 18.4. The van der Waals surface area contributed by atoms with Crippen LogP contribution in [0.1, 0.15) is 6.42 Å². The second kappa shape index (κ2) is 10.0. The Morgan fingerprint density at radius 1 is 0.912 bits per heavy atom. The van der Waals surface area contributed by atoms with E-state index in [1.165, 1.54) is 0 Å². The summed E-state index contributed by atoms with van der Waals surface area (Å²) >= 11 is 0. The summed E-state index contributed by atoms with van der Waals surface area (Å²) < 4.78 is 53.8. The standard InChI is InChI=1S/C24H18F3N3O3S/c25-20-12-17(13-21(26)23(20)27)24-19(15-6-8-28-9-7-15)14-22(29-24)16-2-4-18(5-3-16)34(33)11-1-10-30(31)32/h2-9,12-14,29H,1,10-11H2. The van der Waals surface area contributed by atoms with Crippen molar-refractivity contribution >= 4 is 10.8 Å². The third-order valence-electron chi connectivity index (χ3n) is 5.18. The number of hydrogen-bond acceptors (Lipinski definition) is 4. The first kappa shape index (κ1) is 23.4. The Morgan fingerprint density at radius 2 is 1.56 bits per heavy atom. The Balaban J connectivity index is 1.70. The zero-order valence-electron chi connectivity index (χ0n) is 17.6. The molecule has 2 aromatic heterocycles. The number of nitro groups is 1. The van der Waals surface area contributed by atoms with E-state index in [1.807, 2.05) is 0 Å². The molecule has 6 nitrogen and oxygen atoms in total. The summed E-state index contributed by atoms with van der Waals surface area (Å²) in [5, 5.41) is 10.4. The summed E-state index contributed by atoms with van der Waals surface area (Å²) in [6.07, 6.45) is 3.38. The normalized spacial score (nSPS) is 12.0. The highest BCUT2D eigenvalue weighted by molar-refractivity contribution is 7.85. The highest BCUT2D eigenvalue weighted by Crippen LogP contribution is 2.36. The third-order valence-corrected chi connectivity index (χ3v) is 6.64. The number of rotatable bonds is 8. The van der Waals surface area contributed by atoms with Crippen LogP contribution >= 0.6 is 0 Å². The quantitative estimate of drug-likeness (QED) is 0.200. The van der Waals surface area contributed by atoms with Crippen LogP contribution in [0.2, 0.25) is 0 Å². The van der Waals surface area contributed by atoms with Gasteiger partial charge in [-0.1, -0.05) is 12.1 Å². The maximum absolute atomic E-state index is 13.9. The van der Waals surface area contributed by atoms with E-state index in [4.69, 9.17) is 0 Å². The van der Waals surface area contributed by atoms with Crippen molar-refractivity contribution in [2.45, 2.75) is 11.3 Å². The molecule has 1 atom stereocenters. The SMILES string of the molecule is O=[N+]([O-])CCCS(=O)c1ccc(-c2cc(-c3ccncc3)c(-c3cc(F)c(F)c(F)c3)[nH]2)cc1. The van der Waals surface area contributed by atoms with Crippen molar-refractivity contribution in [3.63, 3.8) is 0 Å². The molecule has 2 aromatic carbocycles. The summed E-state index contributed by atoms with van der Waals surface area (Å²) in [5.41, 5.74) is 3.24. The van der Waals surface area contributed by atoms with Gasteiger partial charge in [0.05, 0.1) is 16.5 Å². The Morgan fingerprint density at radius 3 is 2.18 bits per heavy atom. The molecule has 0 aliphatic carbocycles. The summed E-state index contributed by atoms with van der Waals surface area (Å²) in [6, 6.07) is 13.9. The summed E-state index contributed by atoms with van der Waals surface area (Å²) in [4.78, 5) is 17.7. The van der Waals surface area contributed by atoms with Crippen molar-refractivity contribution in [1.82, 2.24) is 9.97 Å². The Labute approximate surface area is 195 Å². The van der Waals surface area contributed by atoms with Gasteiger partial charge in [-0.15, -0.1) is 0 Å². The largest absolute Gasteiger partial charge is 0.354 e. The molecule has 1 N–H and O–H groups in total. The van der Waals surface area contributed by atoms with Crippen molar-refractivity contribution in [3.8, 4) is 33.6 Å². The molecule has 0 radical (unpaired) electrons. The number of aromatic nitrogens is 2. The van der Waals surface area contributed by atoms with Crippen LogP contribution in [-0.4, -0.2) is 31.4 Å². The van der Waals surface area contributed by atoms with Crippen LogP contribution in [0.25, 0.3) is 33.6 Å². The van der Waals surface area contributed by atoms with Gasteiger partial charge in [-0.3, -0.25) is 19.3 Å². The lowest BCUT2D eigenvalue weighted by Gasteiger charge is -2.06. The van der Waals surface area contributed by atoms with E-state index in [9.17, 15) is 27.5 Å². The molecule has 0 saturated heterocycles. The molecule has 10 heteroatoms. The van der Waals surface area contributed by atoms with Crippen molar-refractivity contribution in [2.75, 3.05) is 12.3 Å². The topological polar surface area (TPSA) is 88.9 Å². The number of aromatic amines is 1. The van der Waals surface area contributed by atoms with Crippen molar-refractivity contribution in [3.05, 3.63) is 94.6 Å². The zero-order chi connectivity index (χ0) is 24.2. The molecule has 0 aliphatic heterocycles. The van der Waals surface area contributed by atoms with Crippen molar-refractivity contribution < 1.29 is 22.3 Å². The van der Waals surface area contributed by atoms with Gasteiger partial charge < -0.3 is 4.98 Å². The molecular formula is C24H18F3N3O3S. The van der Waals surface area contributed by atoms with Crippen LogP contribution in [0.5, 0.6) is 0 Å². The number of benzene rings is 2. The molecule has 4 aromatic rings. The number of H-pyrrole nitrogens is 1. The molecule has 174 valence electrons. The Bertz CT molecular complexity index is 1340. The molecule has 0 saturated carbocycles. The fourth-order valence-electron chi connectivity index (χ4n) is 3.53. The van der Waals surface area contributed by atoms with Crippen molar-refractivity contribution in [1.29, 1.82) is 0 Å². The highest BCUT2D eigenvalue weighted by atomic mass is 32.2. The van der Waals surface area contributed by atoms with Crippen molar-refractivity contribution in [2.24, 2.45) is 0 Å². The van der Waals surface area contributed by atoms with Crippen LogP contribution in [-0.2, 0) is 10.8 Å². The minimum absolute atomic E-state index is 0.137. The van der Waals surface area contributed by atoms with Gasteiger partial charge >= 0.3 is 0 Å². The first-order valence-electron chi connectivity index (χ1n) is 10.2. The molecule has 0 aliphatic rings. The predicted octanol–water partition coefficient (Wildman–Crippen LogP) is 5.60. The van der Waals surface area contributed by atoms with Crippen LogP contribution in [0.4, 0.5) is 13.2 Å². The fourth-order valence-corrected chi connectivity index (χ4v) is 4.59. The van der Waals surface area contributed by atoms with E-state index in [2.05, 4.69) is 9.97 Å². The Kier molecular flexibility index (Phi) is 6.87. The van der Waals surface area contributed by atoms with E-state index >= 15 is 0 Å². The van der Waals surface area contributed by atoms with E-state index in [-0.39, 0.29) is 24.3 Å². The van der Waals surface area contributed by atoms with Gasteiger partial charge in [0.2, 0.25) is 6.54 Å². The van der Waals surface area contributed by atoms with Gasteiger partial charge in [-0.05, 0) is 53.6 Å². The number of nitrogens with zero attached hydrogens (tertiary/aromatic N) is 2. The van der Waals surface area contributed by atoms with Gasteiger partial charge in [-0.25, -0.2) is 13.2 Å². The number of halogens is 3. The molecular weight excluding hydrogens is 467 g/mol. The van der Waals surface area contributed by atoms with Gasteiger partial charge in [0, 0.05) is 51.2 Å². The molecule has 2 heterocycles. The third kappa shape index (κ3) is 5.07. The van der Waals surface area contributed by atoms with Gasteiger partial charge in [0.1, 0.15) is 0 Å².